The molecule has 0 saturated carbocycles. The molecule has 2 aromatic carbocycles. The number of aliphatic hydroxyl groups excluding tert-OH is 1. The highest BCUT2D eigenvalue weighted by Crippen LogP contribution is 2.42. The van der Waals surface area contributed by atoms with Gasteiger partial charge in [0.1, 0.15) is 0 Å². The summed E-state index contributed by atoms with van der Waals surface area (Å²) in [5.74, 6) is -0.903. The maximum absolute atomic E-state index is 12.0. The summed E-state index contributed by atoms with van der Waals surface area (Å²) in [6, 6.07) is 14.2. The molecular formula is C24H26O4. The number of carbonyl (C=O) groups excluding carboxylic acids is 1. The number of carboxylic acids is 1. The second-order valence-electron chi connectivity index (χ2n) is 7.82. The lowest BCUT2D eigenvalue weighted by Crippen LogP contribution is -2.35. The van der Waals surface area contributed by atoms with Gasteiger partial charge in [0.15, 0.2) is 5.78 Å². The molecule has 0 aliphatic heterocycles. The van der Waals surface area contributed by atoms with Crippen LogP contribution in [0.25, 0.3) is 11.1 Å². The van der Waals surface area contributed by atoms with E-state index in [1.807, 2.05) is 56.3 Å². The zero-order chi connectivity index (χ0) is 20.3. The van der Waals surface area contributed by atoms with E-state index in [1.165, 1.54) is 0 Å². The van der Waals surface area contributed by atoms with Crippen LogP contribution in [-0.4, -0.2) is 22.0 Å². The number of carbonyl (C=O) groups is 2. The molecule has 4 heteroatoms. The van der Waals surface area contributed by atoms with Crippen LogP contribution in [0.1, 0.15) is 42.9 Å². The van der Waals surface area contributed by atoms with Crippen LogP contribution in [-0.2, 0) is 21.6 Å². The molecule has 2 unspecified atom stereocenters. The molecule has 0 fully saturated rings. The van der Waals surface area contributed by atoms with Crippen molar-refractivity contribution < 1.29 is 19.8 Å². The van der Waals surface area contributed by atoms with Crippen molar-refractivity contribution in [2.75, 3.05) is 0 Å². The van der Waals surface area contributed by atoms with E-state index in [0.29, 0.717) is 12.8 Å². The molecule has 0 bridgehead atoms. The van der Waals surface area contributed by atoms with Gasteiger partial charge in [-0.2, -0.15) is 0 Å². The van der Waals surface area contributed by atoms with Gasteiger partial charge >= 0.3 is 5.97 Å². The highest BCUT2D eigenvalue weighted by atomic mass is 16.4. The number of carboxylic acid groups (broad SMARTS) is 1. The molecule has 1 aliphatic carbocycles. The molecule has 0 heterocycles. The van der Waals surface area contributed by atoms with Crippen molar-refractivity contribution in [3.05, 3.63) is 71.3 Å². The van der Waals surface area contributed by atoms with Gasteiger partial charge in [0.05, 0.1) is 6.61 Å². The van der Waals surface area contributed by atoms with E-state index in [1.54, 1.807) is 6.08 Å². The standard InChI is InChI=1S/C24H26O4/c1-16-4-3-5-17(12-16)22-8-6-19(13-18(22)15-25)24(2)11-10-21(26)14-20(24)7-9-23(27)28/h3-6,8,10-13,20,25H,7,9,14-15H2,1-2H3,(H,27,28). The zero-order valence-corrected chi connectivity index (χ0v) is 16.3. The Morgan fingerprint density at radius 3 is 2.68 bits per heavy atom. The largest absolute Gasteiger partial charge is 0.481 e. The van der Waals surface area contributed by atoms with E-state index >= 15 is 0 Å². The van der Waals surface area contributed by atoms with Crippen LogP contribution in [0.15, 0.2) is 54.6 Å². The van der Waals surface area contributed by atoms with Crippen molar-refractivity contribution in [1.29, 1.82) is 0 Å². The zero-order valence-electron chi connectivity index (χ0n) is 16.3. The highest BCUT2D eigenvalue weighted by molar-refractivity contribution is 5.91. The van der Waals surface area contributed by atoms with Crippen molar-refractivity contribution in [3.63, 3.8) is 0 Å². The Kier molecular flexibility index (Phi) is 5.80. The van der Waals surface area contributed by atoms with Gasteiger partial charge < -0.3 is 10.2 Å². The number of aliphatic hydroxyl groups is 1. The van der Waals surface area contributed by atoms with Crippen LogP contribution in [0, 0.1) is 12.8 Å². The van der Waals surface area contributed by atoms with E-state index in [0.717, 1.165) is 27.8 Å². The minimum atomic E-state index is -0.852. The summed E-state index contributed by atoms with van der Waals surface area (Å²) >= 11 is 0. The van der Waals surface area contributed by atoms with Gasteiger partial charge in [0.2, 0.25) is 0 Å². The Labute approximate surface area is 165 Å². The van der Waals surface area contributed by atoms with E-state index in [2.05, 4.69) is 6.07 Å². The van der Waals surface area contributed by atoms with Gasteiger partial charge in [0.25, 0.3) is 0 Å². The first-order chi connectivity index (χ1) is 13.3. The average Bonchev–Trinajstić information content (AvgIpc) is 2.68. The number of hydrogen-bond acceptors (Lipinski definition) is 3. The Morgan fingerprint density at radius 2 is 2.00 bits per heavy atom. The third-order valence-electron chi connectivity index (χ3n) is 5.84. The molecule has 1 aliphatic rings. The topological polar surface area (TPSA) is 74.6 Å². The SMILES string of the molecule is Cc1cccc(-c2ccc(C3(C)C=CC(=O)CC3CCC(=O)O)cc2CO)c1. The third-order valence-corrected chi connectivity index (χ3v) is 5.84. The molecule has 146 valence electrons. The maximum Gasteiger partial charge on any atom is 0.303 e. The van der Waals surface area contributed by atoms with Crippen molar-refractivity contribution in [2.24, 2.45) is 5.92 Å². The summed E-state index contributed by atoms with van der Waals surface area (Å²) in [5.41, 5.74) is 4.56. The molecule has 0 aromatic heterocycles. The molecule has 2 N–H and O–H groups in total. The van der Waals surface area contributed by atoms with Crippen LogP contribution in [0.5, 0.6) is 0 Å². The second-order valence-corrected chi connectivity index (χ2v) is 7.82. The number of allylic oxidation sites excluding steroid dienone is 2. The van der Waals surface area contributed by atoms with Crippen LogP contribution in [0.2, 0.25) is 0 Å². The van der Waals surface area contributed by atoms with E-state index in [4.69, 9.17) is 5.11 Å². The van der Waals surface area contributed by atoms with Crippen molar-refractivity contribution >= 4 is 11.8 Å². The minimum absolute atomic E-state index is 0.0339. The van der Waals surface area contributed by atoms with E-state index in [9.17, 15) is 14.7 Å². The molecule has 0 spiro atoms. The van der Waals surface area contributed by atoms with Crippen LogP contribution < -0.4 is 0 Å². The van der Waals surface area contributed by atoms with Gasteiger partial charge in [0, 0.05) is 18.3 Å². The number of rotatable bonds is 6. The summed E-state index contributed by atoms with van der Waals surface area (Å²) in [5, 5.41) is 19.1. The first-order valence-electron chi connectivity index (χ1n) is 9.58. The van der Waals surface area contributed by atoms with E-state index < -0.39 is 11.4 Å². The van der Waals surface area contributed by atoms with Gasteiger partial charge in [-0.1, -0.05) is 61.0 Å². The molecule has 28 heavy (non-hydrogen) atoms. The predicted molar refractivity (Wildman–Crippen MR) is 109 cm³/mol. The fraction of sp³-hybridized carbons (Fsp3) is 0.333. The van der Waals surface area contributed by atoms with Crippen LogP contribution in [0.4, 0.5) is 0 Å². The number of hydrogen-bond donors (Lipinski definition) is 2. The van der Waals surface area contributed by atoms with Gasteiger partial charge in [-0.25, -0.2) is 0 Å². The van der Waals surface area contributed by atoms with Crippen molar-refractivity contribution in [2.45, 2.75) is 45.1 Å². The van der Waals surface area contributed by atoms with Crippen LogP contribution in [0.3, 0.4) is 0 Å². The van der Waals surface area contributed by atoms with Gasteiger partial charge in [-0.05, 0) is 47.6 Å². The second kappa shape index (κ2) is 8.11. The average molecular weight is 378 g/mol. The monoisotopic (exact) mass is 378 g/mol. The summed E-state index contributed by atoms with van der Waals surface area (Å²) in [6.45, 7) is 4.00. The third kappa shape index (κ3) is 4.07. The molecule has 2 atom stereocenters. The minimum Gasteiger partial charge on any atom is -0.481 e. The summed E-state index contributed by atoms with van der Waals surface area (Å²) < 4.78 is 0. The highest BCUT2D eigenvalue weighted by Gasteiger charge is 2.37. The van der Waals surface area contributed by atoms with Gasteiger partial charge in [-0.15, -0.1) is 0 Å². The summed E-state index contributed by atoms with van der Waals surface area (Å²) in [4.78, 5) is 23.0. The maximum atomic E-state index is 12.0. The molecule has 0 radical (unpaired) electrons. The lowest BCUT2D eigenvalue weighted by atomic mass is 9.65. The fourth-order valence-electron chi connectivity index (χ4n) is 4.11. The Bertz CT molecular complexity index is 928. The first kappa shape index (κ1) is 20.0. The molecule has 3 rings (SSSR count). The van der Waals surface area contributed by atoms with E-state index in [-0.39, 0.29) is 24.7 Å². The van der Waals surface area contributed by atoms with Crippen molar-refractivity contribution in [1.82, 2.24) is 0 Å². The predicted octanol–water partition coefficient (Wildman–Crippen LogP) is 4.42. The normalized spacial score (nSPS) is 21.7. The Morgan fingerprint density at radius 1 is 1.21 bits per heavy atom. The smallest absolute Gasteiger partial charge is 0.303 e. The molecule has 0 amide bonds. The molecular weight excluding hydrogens is 352 g/mol. The van der Waals surface area contributed by atoms with Crippen LogP contribution >= 0.6 is 0 Å². The quantitative estimate of drug-likeness (QED) is 0.780. The molecule has 0 saturated heterocycles. The lowest BCUT2D eigenvalue weighted by molar-refractivity contribution is -0.137. The first-order valence-corrected chi connectivity index (χ1v) is 9.58. The van der Waals surface area contributed by atoms with Gasteiger partial charge in [-0.3, -0.25) is 9.59 Å². The molecule has 4 nitrogen and oxygen atoms in total. The number of ketones is 1. The fourth-order valence-corrected chi connectivity index (χ4v) is 4.11. The number of benzene rings is 2. The molecule has 2 aromatic rings. The Balaban J connectivity index is 2.02. The van der Waals surface area contributed by atoms with Crippen molar-refractivity contribution in [3.8, 4) is 11.1 Å². The summed E-state index contributed by atoms with van der Waals surface area (Å²) in [7, 11) is 0. The number of aliphatic carboxylic acids is 1. The Hall–Kier alpha value is -2.72. The summed E-state index contributed by atoms with van der Waals surface area (Å²) in [6.07, 6.45) is 4.32. The lowest BCUT2D eigenvalue weighted by Gasteiger charge is -2.38. The number of aryl methyl sites for hydroxylation is 1.